The number of nitriles is 1. The van der Waals surface area contributed by atoms with Crippen molar-refractivity contribution in [2.75, 3.05) is 19.0 Å². The number of carbonyl (C=O) groups excluding carboxylic acids is 1. The van der Waals surface area contributed by atoms with E-state index in [1.807, 2.05) is 6.07 Å². The third-order valence-corrected chi connectivity index (χ3v) is 4.30. The van der Waals surface area contributed by atoms with Gasteiger partial charge in [-0.1, -0.05) is 6.07 Å². The summed E-state index contributed by atoms with van der Waals surface area (Å²) >= 11 is 1.03. The predicted octanol–water partition coefficient (Wildman–Crippen LogP) is 3.91. The first kappa shape index (κ1) is 20.0. The van der Waals surface area contributed by atoms with E-state index in [9.17, 15) is 9.18 Å². The van der Waals surface area contributed by atoms with Crippen LogP contribution in [0.3, 0.4) is 0 Å². The molecule has 146 valence electrons. The van der Waals surface area contributed by atoms with Gasteiger partial charge in [0.1, 0.15) is 11.9 Å². The number of aromatic nitrogens is 2. The quantitative estimate of drug-likeness (QED) is 0.593. The summed E-state index contributed by atoms with van der Waals surface area (Å²) in [5, 5.41) is 11.6. The molecule has 1 heterocycles. The molecule has 0 bridgehead atoms. The summed E-state index contributed by atoms with van der Waals surface area (Å²) in [6.45, 7) is -0.0876. The van der Waals surface area contributed by atoms with Gasteiger partial charge in [-0.2, -0.15) is 14.6 Å². The molecule has 0 aliphatic rings. The number of hydrogen-bond donors (Lipinski definition) is 1. The van der Waals surface area contributed by atoms with Gasteiger partial charge in [-0.15, -0.1) is 0 Å². The summed E-state index contributed by atoms with van der Waals surface area (Å²) in [7, 11) is 1.49. The maximum absolute atomic E-state index is 13.0. The van der Waals surface area contributed by atoms with Crippen LogP contribution in [0, 0.1) is 17.1 Å². The number of carbonyl (C=O) groups is 1. The van der Waals surface area contributed by atoms with Crippen molar-refractivity contribution in [3.05, 3.63) is 59.9 Å². The number of methoxy groups -OCH3 is 1. The van der Waals surface area contributed by atoms with E-state index in [0.29, 0.717) is 33.6 Å². The Hall–Kier alpha value is -3.77. The van der Waals surface area contributed by atoms with E-state index in [2.05, 4.69) is 14.7 Å². The van der Waals surface area contributed by atoms with E-state index in [1.165, 1.54) is 25.3 Å². The second kappa shape index (κ2) is 9.43. The Bertz CT molecular complexity index is 1070. The molecule has 0 unspecified atom stereocenters. The number of amides is 1. The Balaban J connectivity index is 1.64. The van der Waals surface area contributed by atoms with E-state index in [1.54, 1.807) is 36.4 Å². The molecule has 2 aromatic carbocycles. The van der Waals surface area contributed by atoms with Crippen LogP contribution in [-0.4, -0.2) is 29.0 Å². The number of nitrogens with zero attached hydrogens (tertiary/aromatic N) is 3. The highest BCUT2D eigenvalue weighted by atomic mass is 32.1. The summed E-state index contributed by atoms with van der Waals surface area (Å²) in [6, 6.07) is 12.8. The van der Waals surface area contributed by atoms with Crippen molar-refractivity contribution in [1.82, 2.24) is 9.36 Å². The molecule has 0 saturated heterocycles. The molecule has 1 amide bonds. The number of rotatable bonds is 7. The highest BCUT2D eigenvalue weighted by molar-refractivity contribution is 7.10. The van der Waals surface area contributed by atoms with Crippen molar-refractivity contribution in [1.29, 1.82) is 5.26 Å². The van der Waals surface area contributed by atoms with Crippen LogP contribution in [0.25, 0.3) is 17.5 Å². The van der Waals surface area contributed by atoms with Gasteiger partial charge in [-0.05, 0) is 48.0 Å². The standard InChI is InChI=1S/C20H15FN4O3S/c1-27-17-12-13(2-8-16(17)28-11-10-22)3-9-18(26)23-20-24-19(25-29-20)14-4-6-15(21)7-5-14/h2-9,12H,11H2,1H3,(H,23,24,25,26)/b9-3+. The molecule has 0 atom stereocenters. The first-order valence-corrected chi connectivity index (χ1v) is 9.13. The molecule has 0 saturated carbocycles. The Morgan fingerprint density at radius 2 is 2.07 bits per heavy atom. The van der Waals surface area contributed by atoms with E-state index in [4.69, 9.17) is 14.7 Å². The maximum atomic E-state index is 13.0. The highest BCUT2D eigenvalue weighted by Crippen LogP contribution is 2.28. The zero-order valence-electron chi connectivity index (χ0n) is 15.3. The van der Waals surface area contributed by atoms with Gasteiger partial charge in [-0.25, -0.2) is 4.39 Å². The van der Waals surface area contributed by atoms with Crippen molar-refractivity contribution in [3.63, 3.8) is 0 Å². The molecule has 1 aromatic heterocycles. The van der Waals surface area contributed by atoms with Crippen molar-refractivity contribution in [2.24, 2.45) is 0 Å². The summed E-state index contributed by atoms with van der Waals surface area (Å²) in [4.78, 5) is 16.4. The third-order valence-electron chi connectivity index (χ3n) is 3.67. The summed E-state index contributed by atoms with van der Waals surface area (Å²) in [5.41, 5.74) is 1.37. The Kier molecular flexibility index (Phi) is 6.50. The smallest absolute Gasteiger partial charge is 0.250 e. The monoisotopic (exact) mass is 410 g/mol. The zero-order valence-corrected chi connectivity index (χ0v) is 16.1. The fourth-order valence-electron chi connectivity index (χ4n) is 2.33. The van der Waals surface area contributed by atoms with Gasteiger partial charge in [-0.3, -0.25) is 10.1 Å². The van der Waals surface area contributed by atoms with E-state index in [-0.39, 0.29) is 18.3 Å². The normalized spacial score (nSPS) is 10.5. The molecule has 0 spiro atoms. The number of halogens is 1. The van der Waals surface area contributed by atoms with Crippen LogP contribution in [0.2, 0.25) is 0 Å². The Labute approximate surface area is 170 Å². The van der Waals surface area contributed by atoms with Crippen molar-refractivity contribution < 1.29 is 18.7 Å². The van der Waals surface area contributed by atoms with Crippen LogP contribution in [0.1, 0.15) is 5.56 Å². The Morgan fingerprint density at radius 3 is 2.79 bits per heavy atom. The summed E-state index contributed by atoms with van der Waals surface area (Å²) < 4.78 is 27.6. The number of ether oxygens (including phenoxy) is 2. The van der Waals surface area contributed by atoms with E-state index < -0.39 is 0 Å². The van der Waals surface area contributed by atoms with Gasteiger partial charge in [0.05, 0.1) is 7.11 Å². The first-order chi connectivity index (χ1) is 14.1. The molecular weight excluding hydrogens is 395 g/mol. The second-order valence-electron chi connectivity index (χ2n) is 5.61. The summed E-state index contributed by atoms with van der Waals surface area (Å²) in [5.74, 6) is 0.584. The second-order valence-corrected chi connectivity index (χ2v) is 6.36. The highest BCUT2D eigenvalue weighted by Gasteiger charge is 2.09. The topological polar surface area (TPSA) is 97.1 Å². The van der Waals surface area contributed by atoms with Crippen LogP contribution in [0.15, 0.2) is 48.5 Å². The van der Waals surface area contributed by atoms with Crippen LogP contribution >= 0.6 is 11.5 Å². The van der Waals surface area contributed by atoms with Gasteiger partial charge >= 0.3 is 0 Å². The molecule has 29 heavy (non-hydrogen) atoms. The van der Waals surface area contributed by atoms with Gasteiger partial charge in [0.15, 0.2) is 23.9 Å². The number of hydrogen-bond acceptors (Lipinski definition) is 7. The van der Waals surface area contributed by atoms with Crippen LogP contribution < -0.4 is 14.8 Å². The largest absolute Gasteiger partial charge is 0.493 e. The number of nitrogens with one attached hydrogen (secondary N) is 1. The predicted molar refractivity (Wildman–Crippen MR) is 107 cm³/mol. The molecule has 7 nitrogen and oxygen atoms in total. The molecule has 9 heteroatoms. The Morgan fingerprint density at radius 1 is 1.28 bits per heavy atom. The van der Waals surface area contributed by atoms with Gasteiger partial charge in [0.2, 0.25) is 11.0 Å². The fraction of sp³-hybridized carbons (Fsp3) is 0.100. The summed E-state index contributed by atoms with van der Waals surface area (Å²) in [6.07, 6.45) is 2.96. The van der Waals surface area contributed by atoms with Crippen molar-refractivity contribution in [3.8, 4) is 29.0 Å². The average molecular weight is 410 g/mol. The van der Waals surface area contributed by atoms with Gasteiger partial charge < -0.3 is 9.47 Å². The minimum Gasteiger partial charge on any atom is -0.493 e. The minimum absolute atomic E-state index is 0.0876. The molecule has 3 aromatic rings. The molecule has 3 rings (SSSR count). The zero-order chi connectivity index (χ0) is 20.6. The molecule has 0 aliphatic heterocycles. The van der Waals surface area contributed by atoms with E-state index >= 15 is 0 Å². The lowest BCUT2D eigenvalue weighted by molar-refractivity contribution is -0.111. The molecule has 1 N–H and O–H groups in total. The minimum atomic E-state index is -0.379. The number of anilines is 1. The molecule has 0 radical (unpaired) electrons. The van der Waals surface area contributed by atoms with Crippen molar-refractivity contribution in [2.45, 2.75) is 0 Å². The first-order valence-electron chi connectivity index (χ1n) is 8.35. The van der Waals surface area contributed by atoms with Gasteiger partial charge in [0, 0.05) is 23.2 Å². The third kappa shape index (κ3) is 5.37. The SMILES string of the molecule is COc1cc(/C=C/C(=O)Nc2nc(-c3ccc(F)cc3)ns2)ccc1OCC#N. The lowest BCUT2D eigenvalue weighted by atomic mass is 10.2. The molecule has 0 fully saturated rings. The number of benzene rings is 2. The van der Waals surface area contributed by atoms with Crippen LogP contribution in [0.5, 0.6) is 11.5 Å². The fourth-order valence-corrected chi connectivity index (χ4v) is 2.92. The lowest BCUT2D eigenvalue weighted by Gasteiger charge is -2.08. The lowest BCUT2D eigenvalue weighted by Crippen LogP contribution is -2.07. The maximum Gasteiger partial charge on any atom is 0.250 e. The average Bonchev–Trinajstić information content (AvgIpc) is 3.19. The van der Waals surface area contributed by atoms with Crippen molar-refractivity contribution >= 4 is 28.6 Å². The van der Waals surface area contributed by atoms with Gasteiger partial charge in [0.25, 0.3) is 0 Å². The van der Waals surface area contributed by atoms with Crippen LogP contribution in [-0.2, 0) is 4.79 Å². The molecular formula is C20H15FN4O3S. The molecule has 0 aliphatic carbocycles. The van der Waals surface area contributed by atoms with Crippen LogP contribution in [0.4, 0.5) is 9.52 Å². The van der Waals surface area contributed by atoms with E-state index in [0.717, 1.165) is 11.5 Å².